The molecule has 1 aliphatic heterocycles. The van der Waals surface area contributed by atoms with E-state index in [1.54, 1.807) is 0 Å². The van der Waals surface area contributed by atoms with Crippen molar-refractivity contribution in [3.8, 4) is 5.75 Å². The van der Waals surface area contributed by atoms with Gasteiger partial charge in [-0.15, -0.1) is 0 Å². The largest absolute Gasteiger partial charge is 0.493 e. The highest BCUT2D eigenvalue weighted by Gasteiger charge is 2.36. The average Bonchev–Trinajstić information content (AvgIpc) is 3.04. The fourth-order valence-electron chi connectivity index (χ4n) is 3.95. The predicted molar refractivity (Wildman–Crippen MR) is 83.8 cm³/mol. The first-order valence-corrected chi connectivity index (χ1v) is 8.11. The maximum absolute atomic E-state index is 6.27. The van der Waals surface area contributed by atoms with Crippen LogP contribution in [0.5, 0.6) is 5.75 Å². The molecule has 1 N–H and O–H groups in total. The Balaban J connectivity index is 1.86. The van der Waals surface area contributed by atoms with Gasteiger partial charge in [-0.2, -0.15) is 0 Å². The van der Waals surface area contributed by atoms with Crippen LogP contribution in [0, 0.1) is 5.41 Å². The van der Waals surface area contributed by atoms with Gasteiger partial charge in [0.2, 0.25) is 0 Å². The fourth-order valence-corrected chi connectivity index (χ4v) is 4.21. The van der Waals surface area contributed by atoms with Crippen LogP contribution in [0.2, 0.25) is 5.02 Å². The predicted octanol–water partition coefficient (Wildman–Crippen LogP) is 3.99. The highest BCUT2D eigenvalue weighted by atomic mass is 35.5. The Kier molecular flexibility index (Phi) is 3.96. The minimum absolute atomic E-state index is 0.405. The Hall–Kier alpha value is -0.730. The van der Waals surface area contributed by atoms with Crippen LogP contribution in [0.15, 0.2) is 12.1 Å². The molecule has 0 aromatic heterocycles. The molecule has 0 bridgehead atoms. The van der Waals surface area contributed by atoms with Crippen molar-refractivity contribution >= 4 is 11.6 Å². The standard InChI is InChI=1S/C17H24ClNO/c1-17(6-3-4-7-17)15(19-2)11-13-10-14(18)9-12-5-8-20-16(12)13/h9-10,15,19H,3-8,11H2,1-2H3. The topological polar surface area (TPSA) is 21.3 Å². The zero-order chi connectivity index (χ0) is 14.2. The zero-order valence-corrected chi connectivity index (χ0v) is 13.2. The molecule has 1 saturated carbocycles. The zero-order valence-electron chi connectivity index (χ0n) is 12.5. The van der Waals surface area contributed by atoms with E-state index in [0.717, 1.165) is 30.2 Å². The summed E-state index contributed by atoms with van der Waals surface area (Å²) in [5.41, 5.74) is 2.96. The van der Waals surface area contributed by atoms with Crippen molar-refractivity contribution in [3.63, 3.8) is 0 Å². The van der Waals surface area contributed by atoms with Gasteiger partial charge in [0.1, 0.15) is 5.75 Å². The molecule has 1 fully saturated rings. The Morgan fingerprint density at radius 2 is 2.10 bits per heavy atom. The first kappa shape index (κ1) is 14.2. The van der Waals surface area contributed by atoms with Crippen LogP contribution in [0.3, 0.4) is 0 Å². The lowest BCUT2D eigenvalue weighted by Crippen LogP contribution is -2.41. The smallest absolute Gasteiger partial charge is 0.125 e. The molecular formula is C17H24ClNO. The molecular weight excluding hydrogens is 270 g/mol. The molecule has 1 aromatic rings. The van der Waals surface area contributed by atoms with Crippen molar-refractivity contribution in [3.05, 3.63) is 28.3 Å². The summed E-state index contributed by atoms with van der Waals surface area (Å²) in [6.45, 7) is 3.22. The fraction of sp³-hybridized carbons (Fsp3) is 0.647. The average molecular weight is 294 g/mol. The number of likely N-dealkylation sites (N-methyl/N-ethyl adjacent to an activating group) is 1. The van der Waals surface area contributed by atoms with Crippen molar-refractivity contribution in [2.75, 3.05) is 13.7 Å². The lowest BCUT2D eigenvalue weighted by molar-refractivity contribution is 0.227. The third-order valence-electron chi connectivity index (χ3n) is 5.18. The summed E-state index contributed by atoms with van der Waals surface area (Å²) in [5.74, 6) is 1.09. The van der Waals surface area contributed by atoms with Crippen molar-refractivity contribution in [1.82, 2.24) is 5.32 Å². The van der Waals surface area contributed by atoms with Crippen molar-refractivity contribution < 1.29 is 4.74 Å². The Morgan fingerprint density at radius 1 is 1.35 bits per heavy atom. The maximum Gasteiger partial charge on any atom is 0.125 e. The number of hydrogen-bond acceptors (Lipinski definition) is 2. The van der Waals surface area contributed by atoms with Gasteiger partial charge in [0, 0.05) is 17.5 Å². The molecule has 0 spiro atoms. The first-order chi connectivity index (χ1) is 9.62. The van der Waals surface area contributed by atoms with Crippen LogP contribution in [0.4, 0.5) is 0 Å². The molecule has 1 heterocycles. The molecule has 110 valence electrons. The Morgan fingerprint density at radius 3 is 2.80 bits per heavy atom. The Bertz CT molecular complexity index is 494. The quantitative estimate of drug-likeness (QED) is 0.906. The highest BCUT2D eigenvalue weighted by Crippen LogP contribution is 2.43. The monoisotopic (exact) mass is 293 g/mol. The first-order valence-electron chi connectivity index (χ1n) is 7.74. The van der Waals surface area contributed by atoms with Crippen LogP contribution in [0.25, 0.3) is 0 Å². The summed E-state index contributed by atoms with van der Waals surface area (Å²) in [7, 11) is 2.08. The van der Waals surface area contributed by atoms with Crippen molar-refractivity contribution in [2.45, 2.75) is 51.5 Å². The van der Waals surface area contributed by atoms with Gasteiger partial charge in [0.15, 0.2) is 0 Å². The summed E-state index contributed by atoms with van der Waals surface area (Å²) in [5, 5.41) is 4.39. The lowest BCUT2D eigenvalue weighted by Gasteiger charge is -2.34. The van der Waals surface area contributed by atoms with Gasteiger partial charge in [-0.1, -0.05) is 31.4 Å². The number of hydrogen-bond donors (Lipinski definition) is 1. The Labute approximate surface area is 126 Å². The summed E-state index contributed by atoms with van der Waals surface area (Å²) >= 11 is 6.27. The molecule has 2 nitrogen and oxygen atoms in total. The third kappa shape index (κ3) is 2.56. The van der Waals surface area contributed by atoms with Crippen LogP contribution in [-0.2, 0) is 12.8 Å². The second kappa shape index (κ2) is 5.57. The number of halogens is 1. The van der Waals surface area contributed by atoms with Crippen molar-refractivity contribution in [1.29, 1.82) is 0 Å². The summed E-state index contributed by atoms with van der Waals surface area (Å²) < 4.78 is 5.84. The molecule has 1 atom stereocenters. The summed E-state index contributed by atoms with van der Waals surface area (Å²) in [4.78, 5) is 0. The van der Waals surface area contributed by atoms with Crippen molar-refractivity contribution in [2.24, 2.45) is 5.41 Å². The molecule has 20 heavy (non-hydrogen) atoms. The SMILES string of the molecule is CNC(Cc1cc(Cl)cc2c1OCC2)C1(C)CCCC1. The van der Waals surface area contributed by atoms with Gasteiger partial charge in [-0.05, 0) is 55.0 Å². The van der Waals surface area contributed by atoms with E-state index in [4.69, 9.17) is 16.3 Å². The highest BCUT2D eigenvalue weighted by molar-refractivity contribution is 6.30. The number of nitrogens with one attached hydrogen (secondary N) is 1. The molecule has 2 aliphatic rings. The molecule has 0 radical (unpaired) electrons. The number of fused-ring (bicyclic) bond motifs is 1. The molecule has 1 aliphatic carbocycles. The van der Waals surface area contributed by atoms with Crippen LogP contribution >= 0.6 is 11.6 Å². The molecule has 1 unspecified atom stereocenters. The van der Waals surface area contributed by atoms with E-state index in [9.17, 15) is 0 Å². The van der Waals surface area contributed by atoms with Gasteiger partial charge in [0.25, 0.3) is 0 Å². The minimum atomic E-state index is 0.405. The van der Waals surface area contributed by atoms with E-state index in [1.807, 2.05) is 0 Å². The van der Waals surface area contributed by atoms with Crippen LogP contribution in [0.1, 0.15) is 43.7 Å². The maximum atomic E-state index is 6.27. The summed E-state index contributed by atoms with van der Waals surface area (Å²) in [6, 6.07) is 4.64. The minimum Gasteiger partial charge on any atom is -0.493 e. The van der Waals surface area contributed by atoms with E-state index >= 15 is 0 Å². The van der Waals surface area contributed by atoms with Gasteiger partial charge in [-0.3, -0.25) is 0 Å². The van der Waals surface area contributed by atoms with Gasteiger partial charge in [0.05, 0.1) is 6.61 Å². The second-order valence-corrected chi connectivity index (χ2v) is 6.99. The van der Waals surface area contributed by atoms with E-state index < -0.39 is 0 Å². The second-order valence-electron chi connectivity index (χ2n) is 6.56. The van der Waals surface area contributed by atoms with E-state index in [0.29, 0.717) is 11.5 Å². The number of rotatable bonds is 4. The molecule has 0 saturated heterocycles. The third-order valence-corrected chi connectivity index (χ3v) is 5.40. The van der Waals surface area contributed by atoms with Gasteiger partial charge in [-0.25, -0.2) is 0 Å². The normalized spacial score (nSPS) is 21.6. The van der Waals surface area contributed by atoms with Crippen LogP contribution in [-0.4, -0.2) is 19.7 Å². The molecule has 1 aromatic carbocycles. The molecule has 0 amide bonds. The molecule has 3 rings (SSSR count). The van der Waals surface area contributed by atoms with E-state index in [2.05, 4.69) is 31.4 Å². The number of benzene rings is 1. The van der Waals surface area contributed by atoms with E-state index in [-0.39, 0.29) is 0 Å². The summed E-state index contributed by atoms with van der Waals surface area (Å²) in [6.07, 6.45) is 7.36. The number of ether oxygens (including phenoxy) is 1. The lowest BCUT2D eigenvalue weighted by atomic mass is 9.77. The molecule has 3 heteroatoms. The van der Waals surface area contributed by atoms with Crippen LogP contribution < -0.4 is 10.1 Å². The van der Waals surface area contributed by atoms with E-state index in [1.165, 1.54) is 36.8 Å². The van der Waals surface area contributed by atoms with Gasteiger partial charge >= 0.3 is 0 Å². The van der Waals surface area contributed by atoms with Gasteiger partial charge < -0.3 is 10.1 Å².